The van der Waals surface area contributed by atoms with E-state index in [0.29, 0.717) is 0 Å². The maximum absolute atomic E-state index is 11.8. The molecule has 0 saturated carbocycles. The zero-order valence-electron chi connectivity index (χ0n) is 4.73. The van der Waals surface area contributed by atoms with Crippen molar-refractivity contribution in [2.75, 3.05) is 14.2 Å². The quantitative estimate of drug-likeness (QED) is 0.558. The molecule has 4 heteroatoms. The molecular formula is C4H8F2O2. The second-order valence-corrected chi connectivity index (χ2v) is 1.17. The number of halogens is 2. The standard InChI is InChI=1S/C4H8F2O2/c1-7-3(5)4(6)8-2/h3-4H,1-2H3. The van der Waals surface area contributed by atoms with Gasteiger partial charge in [-0.05, 0) is 0 Å². The van der Waals surface area contributed by atoms with Crippen molar-refractivity contribution in [3.63, 3.8) is 0 Å². The van der Waals surface area contributed by atoms with Gasteiger partial charge in [0.05, 0.1) is 0 Å². The van der Waals surface area contributed by atoms with E-state index in [1.807, 2.05) is 0 Å². The summed E-state index contributed by atoms with van der Waals surface area (Å²) in [7, 11) is 2.13. The molecule has 0 amide bonds. The molecule has 0 spiro atoms. The van der Waals surface area contributed by atoms with Crippen LogP contribution in [0.5, 0.6) is 0 Å². The van der Waals surface area contributed by atoms with E-state index in [-0.39, 0.29) is 0 Å². The van der Waals surface area contributed by atoms with Crippen molar-refractivity contribution < 1.29 is 18.3 Å². The Hall–Kier alpha value is -0.220. The van der Waals surface area contributed by atoms with Crippen LogP contribution in [0.15, 0.2) is 0 Å². The van der Waals surface area contributed by atoms with Gasteiger partial charge in [0.15, 0.2) is 0 Å². The summed E-state index contributed by atoms with van der Waals surface area (Å²) in [5.41, 5.74) is 0. The second kappa shape index (κ2) is 3.74. The number of ether oxygens (including phenoxy) is 2. The van der Waals surface area contributed by atoms with Crippen LogP contribution < -0.4 is 0 Å². The Bertz CT molecular complexity index is 52.0. The van der Waals surface area contributed by atoms with Gasteiger partial charge in [-0.2, -0.15) is 0 Å². The molecule has 50 valence electrons. The summed E-state index contributed by atoms with van der Waals surface area (Å²) in [6.45, 7) is 0. The van der Waals surface area contributed by atoms with Crippen molar-refractivity contribution in [3.05, 3.63) is 0 Å². The van der Waals surface area contributed by atoms with E-state index in [9.17, 15) is 8.78 Å². The largest absolute Gasteiger partial charge is 0.347 e. The van der Waals surface area contributed by atoms with Crippen LogP contribution in [-0.2, 0) is 9.47 Å². The minimum Gasteiger partial charge on any atom is -0.347 e. The highest BCUT2D eigenvalue weighted by molar-refractivity contribution is 4.41. The molecule has 0 aliphatic heterocycles. The molecule has 0 aliphatic rings. The monoisotopic (exact) mass is 126 g/mol. The highest BCUT2D eigenvalue weighted by Gasteiger charge is 2.17. The maximum Gasteiger partial charge on any atom is 0.255 e. The predicted octanol–water partition coefficient (Wildman–Crippen LogP) is 0.870. The fourth-order valence-electron chi connectivity index (χ4n) is 0.214. The van der Waals surface area contributed by atoms with Gasteiger partial charge in [0.2, 0.25) is 0 Å². The highest BCUT2D eigenvalue weighted by Crippen LogP contribution is 2.03. The topological polar surface area (TPSA) is 18.5 Å². The summed E-state index contributed by atoms with van der Waals surface area (Å²) in [5.74, 6) is 0. The van der Waals surface area contributed by atoms with Gasteiger partial charge in [-0.1, -0.05) is 0 Å². The minimum atomic E-state index is -1.97. The lowest BCUT2D eigenvalue weighted by atomic mass is 10.7. The van der Waals surface area contributed by atoms with Gasteiger partial charge < -0.3 is 9.47 Å². The Labute approximate surface area is 46.4 Å². The van der Waals surface area contributed by atoms with Gasteiger partial charge in [0.1, 0.15) is 0 Å². The first kappa shape index (κ1) is 7.78. The van der Waals surface area contributed by atoms with Crippen molar-refractivity contribution in [2.24, 2.45) is 0 Å². The van der Waals surface area contributed by atoms with E-state index < -0.39 is 12.7 Å². The molecule has 0 radical (unpaired) electrons. The number of hydrogen-bond acceptors (Lipinski definition) is 2. The average Bonchev–Trinajstić information content (AvgIpc) is 1.84. The second-order valence-electron chi connectivity index (χ2n) is 1.17. The normalized spacial score (nSPS) is 18.0. The molecule has 0 rings (SSSR count). The molecule has 0 aromatic carbocycles. The third-order valence-corrected chi connectivity index (χ3v) is 0.656. The molecule has 0 aliphatic carbocycles. The van der Waals surface area contributed by atoms with Crippen molar-refractivity contribution in [3.8, 4) is 0 Å². The first-order valence-corrected chi connectivity index (χ1v) is 2.06. The average molecular weight is 126 g/mol. The molecule has 0 saturated heterocycles. The first-order valence-electron chi connectivity index (χ1n) is 2.06. The maximum atomic E-state index is 11.8. The van der Waals surface area contributed by atoms with Crippen LogP contribution in [0.2, 0.25) is 0 Å². The number of hydrogen-bond donors (Lipinski definition) is 0. The van der Waals surface area contributed by atoms with E-state index in [2.05, 4.69) is 9.47 Å². The first-order chi connectivity index (χ1) is 3.72. The zero-order valence-corrected chi connectivity index (χ0v) is 4.73. The molecular weight excluding hydrogens is 118 g/mol. The minimum absolute atomic E-state index is 1.07. The van der Waals surface area contributed by atoms with Gasteiger partial charge in [-0.25, -0.2) is 8.78 Å². The van der Waals surface area contributed by atoms with Gasteiger partial charge >= 0.3 is 0 Å². The van der Waals surface area contributed by atoms with Crippen LogP contribution in [-0.4, -0.2) is 26.9 Å². The van der Waals surface area contributed by atoms with Crippen LogP contribution in [0, 0.1) is 0 Å². The number of rotatable bonds is 3. The van der Waals surface area contributed by atoms with Crippen LogP contribution in [0.3, 0.4) is 0 Å². The van der Waals surface area contributed by atoms with Crippen molar-refractivity contribution in [1.29, 1.82) is 0 Å². The van der Waals surface area contributed by atoms with Crippen molar-refractivity contribution in [1.82, 2.24) is 0 Å². The third kappa shape index (κ3) is 2.18. The molecule has 8 heavy (non-hydrogen) atoms. The number of methoxy groups -OCH3 is 2. The lowest BCUT2D eigenvalue weighted by Gasteiger charge is -2.08. The van der Waals surface area contributed by atoms with E-state index >= 15 is 0 Å². The van der Waals surface area contributed by atoms with Crippen LogP contribution >= 0.6 is 0 Å². The number of alkyl halides is 2. The summed E-state index contributed by atoms with van der Waals surface area (Å²) >= 11 is 0. The summed E-state index contributed by atoms with van der Waals surface area (Å²) < 4.78 is 31.5. The molecule has 0 fully saturated rings. The Morgan fingerprint density at radius 3 is 1.38 bits per heavy atom. The van der Waals surface area contributed by atoms with Crippen molar-refractivity contribution in [2.45, 2.75) is 12.7 Å². The molecule has 0 N–H and O–H groups in total. The predicted molar refractivity (Wildman–Crippen MR) is 23.8 cm³/mol. The molecule has 0 bridgehead atoms. The highest BCUT2D eigenvalue weighted by atomic mass is 19.2. The molecule has 2 unspecified atom stereocenters. The lowest BCUT2D eigenvalue weighted by Crippen LogP contribution is -2.20. The zero-order chi connectivity index (χ0) is 6.57. The van der Waals surface area contributed by atoms with E-state index in [1.165, 1.54) is 0 Å². The molecule has 0 aromatic rings. The third-order valence-electron chi connectivity index (χ3n) is 0.656. The Balaban J connectivity index is 3.29. The Kier molecular flexibility index (Phi) is 3.64. The van der Waals surface area contributed by atoms with Crippen LogP contribution in [0.4, 0.5) is 8.78 Å². The van der Waals surface area contributed by atoms with Crippen molar-refractivity contribution >= 4 is 0 Å². The Morgan fingerprint density at radius 1 is 1.00 bits per heavy atom. The van der Waals surface area contributed by atoms with Crippen LogP contribution in [0.25, 0.3) is 0 Å². The van der Waals surface area contributed by atoms with E-state index in [4.69, 9.17) is 0 Å². The fraction of sp³-hybridized carbons (Fsp3) is 1.00. The summed E-state index contributed by atoms with van der Waals surface area (Å²) in [4.78, 5) is 0. The fourth-order valence-corrected chi connectivity index (χ4v) is 0.214. The smallest absolute Gasteiger partial charge is 0.255 e. The van der Waals surface area contributed by atoms with Crippen LogP contribution in [0.1, 0.15) is 0 Å². The van der Waals surface area contributed by atoms with Gasteiger partial charge in [-0.3, -0.25) is 0 Å². The molecule has 0 heterocycles. The molecule has 0 aromatic heterocycles. The van der Waals surface area contributed by atoms with Gasteiger partial charge in [0, 0.05) is 14.2 Å². The summed E-state index contributed by atoms with van der Waals surface area (Å²) in [5, 5.41) is 0. The SMILES string of the molecule is COC(F)C(F)OC. The van der Waals surface area contributed by atoms with E-state index in [0.717, 1.165) is 14.2 Å². The van der Waals surface area contributed by atoms with Gasteiger partial charge in [0.25, 0.3) is 12.7 Å². The summed E-state index contributed by atoms with van der Waals surface area (Å²) in [6.07, 6.45) is -3.94. The Morgan fingerprint density at radius 2 is 1.25 bits per heavy atom. The summed E-state index contributed by atoms with van der Waals surface area (Å²) in [6, 6.07) is 0. The van der Waals surface area contributed by atoms with E-state index in [1.54, 1.807) is 0 Å². The molecule has 2 nitrogen and oxygen atoms in total. The molecule has 2 atom stereocenters. The van der Waals surface area contributed by atoms with Gasteiger partial charge in [-0.15, -0.1) is 0 Å². The lowest BCUT2D eigenvalue weighted by molar-refractivity contribution is -0.161.